The molecular formula is C11H21ClN2O3. The number of carbonyl (C=O) groups excluding carboxylic acids is 2. The summed E-state index contributed by atoms with van der Waals surface area (Å²) in [6, 6.07) is -0.0742. The first kappa shape index (κ1) is 16.2. The third kappa shape index (κ3) is 4.52. The Hall–Kier alpha value is -0.810. The summed E-state index contributed by atoms with van der Waals surface area (Å²) in [4.78, 5) is 24.7. The number of carbonyl (C=O) groups is 2. The molecular weight excluding hydrogens is 244 g/mol. The summed E-state index contributed by atoms with van der Waals surface area (Å²) in [5.74, 6) is -0.493. The monoisotopic (exact) mass is 264 g/mol. The number of hydrogen-bond acceptors (Lipinski definition) is 4. The van der Waals surface area contributed by atoms with E-state index in [2.05, 4.69) is 10.1 Å². The van der Waals surface area contributed by atoms with Crippen LogP contribution in [0.25, 0.3) is 0 Å². The molecule has 0 saturated carbocycles. The summed E-state index contributed by atoms with van der Waals surface area (Å²) in [6.07, 6.45) is 1.92. The molecule has 1 amide bonds. The lowest BCUT2D eigenvalue weighted by Gasteiger charge is -2.23. The summed E-state index contributed by atoms with van der Waals surface area (Å²) in [5.41, 5.74) is 0. The lowest BCUT2D eigenvalue weighted by molar-refractivity contribution is -0.146. The van der Waals surface area contributed by atoms with Crippen LogP contribution in [0.15, 0.2) is 0 Å². The molecule has 0 aromatic heterocycles. The van der Waals surface area contributed by atoms with Crippen molar-refractivity contribution in [3.63, 3.8) is 0 Å². The van der Waals surface area contributed by atoms with E-state index in [1.54, 1.807) is 18.9 Å². The van der Waals surface area contributed by atoms with Crippen LogP contribution in [-0.2, 0) is 14.3 Å². The molecule has 100 valence electrons. The maximum Gasteiger partial charge on any atom is 0.310 e. The maximum absolute atomic E-state index is 11.9. The minimum atomic E-state index is -0.279. The second-order valence-corrected chi connectivity index (χ2v) is 4.29. The van der Waals surface area contributed by atoms with Gasteiger partial charge in [0.15, 0.2) is 0 Å². The van der Waals surface area contributed by atoms with Crippen molar-refractivity contribution < 1.29 is 14.3 Å². The van der Waals surface area contributed by atoms with Crippen LogP contribution in [0.4, 0.5) is 0 Å². The van der Waals surface area contributed by atoms with Gasteiger partial charge in [-0.3, -0.25) is 9.59 Å². The zero-order valence-corrected chi connectivity index (χ0v) is 11.4. The number of likely N-dealkylation sites (N-methyl/N-ethyl adjacent to an activating group) is 1. The van der Waals surface area contributed by atoms with Gasteiger partial charge in [0.1, 0.15) is 0 Å². The average molecular weight is 265 g/mol. The molecule has 0 spiro atoms. The van der Waals surface area contributed by atoms with Gasteiger partial charge in [0.05, 0.1) is 19.1 Å². The molecule has 1 unspecified atom stereocenters. The number of methoxy groups -OCH3 is 1. The quantitative estimate of drug-likeness (QED) is 0.748. The van der Waals surface area contributed by atoms with Crippen LogP contribution in [-0.4, -0.2) is 50.1 Å². The Labute approximate surface area is 108 Å². The first-order valence-electron chi connectivity index (χ1n) is 5.62. The van der Waals surface area contributed by atoms with Crippen LogP contribution < -0.4 is 5.32 Å². The van der Waals surface area contributed by atoms with Crippen molar-refractivity contribution in [3.05, 3.63) is 0 Å². The van der Waals surface area contributed by atoms with Crippen molar-refractivity contribution in [1.82, 2.24) is 10.2 Å². The maximum atomic E-state index is 11.9. The Morgan fingerprint density at radius 1 is 1.53 bits per heavy atom. The van der Waals surface area contributed by atoms with E-state index >= 15 is 0 Å². The number of hydrogen-bond donors (Lipinski definition) is 1. The van der Waals surface area contributed by atoms with Gasteiger partial charge in [-0.1, -0.05) is 6.92 Å². The normalized spacial score (nSPS) is 20.3. The molecule has 1 N–H and O–H groups in total. The largest absolute Gasteiger partial charge is 0.469 e. The van der Waals surface area contributed by atoms with E-state index < -0.39 is 0 Å². The Balaban J connectivity index is 0.00000256. The molecule has 0 aromatic rings. The van der Waals surface area contributed by atoms with E-state index in [-0.39, 0.29) is 36.2 Å². The smallest absolute Gasteiger partial charge is 0.310 e. The minimum Gasteiger partial charge on any atom is -0.469 e. The van der Waals surface area contributed by atoms with Gasteiger partial charge in [-0.15, -0.1) is 12.4 Å². The third-order valence-electron chi connectivity index (χ3n) is 2.89. The first-order chi connectivity index (χ1) is 7.56. The summed E-state index contributed by atoms with van der Waals surface area (Å²) in [7, 11) is 3.08. The number of ether oxygens (including phenoxy) is 1. The number of rotatable bonds is 4. The molecule has 2 atom stereocenters. The third-order valence-corrected chi connectivity index (χ3v) is 2.89. The lowest BCUT2D eigenvalue weighted by atomic mass is 10.1. The van der Waals surface area contributed by atoms with Gasteiger partial charge < -0.3 is 15.0 Å². The molecule has 17 heavy (non-hydrogen) atoms. The highest BCUT2D eigenvalue weighted by Crippen LogP contribution is 2.09. The highest BCUT2D eigenvalue weighted by Gasteiger charge is 2.26. The van der Waals surface area contributed by atoms with Gasteiger partial charge in [0, 0.05) is 13.6 Å². The van der Waals surface area contributed by atoms with Crippen LogP contribution in [0, 0.1) is 5.92 Å². The van der Waals surface area contributed by atoms with Gasteiger partial charge in [-0.2, -0.15) is 0 Å². The number of nitrogens with zero attached hydrogens (tertiary/aromatic N) is 1. The second-order valence-electron chi connectivity index (χ2n) is 4.29. The van der Waals surface area contributed by atoms with E-state index in [1.165, 1.54) is 7.11 Å². The molecule has 5 nitrogen and oxygen atoms in total. The fraction of sp³-hybridized carbons (Fsp3) is 0.818. The Morgan fingerprint density at radius 3 is 2.65 bits per heavy atom. The average Bonchev–Trinajstić information content (AvgIpc) is 2.79. The summed E-state index contributed by atoms with van der Waals surface area (Å²) < 4.78 is 4.63. The molecule has 0 bridgehead atoms. The number of amides is 1. The molecule has 1 saturated heterocycles. The number of nitrogens with one attached hydrogen (secondary N) is 1. The van der Waals surface area contributed by atoms with Crippen LogP contribution in [0.3, 0.4) is 0 Å². The van der Waals surface area contributed by atoms with Crippen molar-refractivity contribution in [2.75, 3.05) is 27.2 Å². The summed E-state index contributed by atoms with van der Waals surface area (Å²) in [6.45, 7) is 3.07. The fourth-order valence-electron chi connectivity index (χ4n) is 1.94. The topological polar surface area (TPSA) is 58.6 Å². The van der Waals surface area contributed by atoms with E-state index in [0.717, 1.165) is 19.4 Å². The highest BCUT2D eigenvalue weighted by molar-refractivity contribution is 5.85. The standard InChI is InChI=1S/C11H20N2O3.ClH/c1-8(11(15)16-3)7-13(2)10(14)9-5-4-6-12-9;/h8-9,12H,4-7H2,1-3H3;1H/t8?,9-;/m0./s1. The predicted molar refractivity (Wildman–Crippen MR) is 67.1 cm³/mol. The van der Waals surface area contributed by atoms with Crippen molar-refractivity contribution >= 4 is 24.3 Å². The first-order valence-corrected chi connectivity index (χ1v) is 5.62. The summed E-state index contributed by atoms with van der Waals surface area (Å²) in [5, 5.41) is 3.15. The van der Waals surface area contributed by atoms with Gasteiger partial charge in [-0.25, -0.2) is 0 Å². The zero-order chi connectivity index (χ0) is 12.1. The Morgan fingerprint density at radius 2 is 2.18 bits per heavy atom. The van der Waals surface area contributed by atoms with E-state index in [4.69, 9.17) is 0 Å². The van der Waals surface area contributed by atoms with E-state index in [0.29, 0.717) is 6.54 Å². The second kappa shape index (κ2) is 7.50. The molecule has 1 aliphatic rings. The van der Waals surface area contributed by atoms with Crippen molar-refractivity contribution in [2.24, 2.45) is 5.92 Å². The van der Waals surface area contributed by atoms with Gasteiger partial charge >= 0.3 is 5.97 Å². The molecule has 1 aliphatic heterocycles. The molecule has 1 fully saturated rings. The zero-order valence-electron chi connectivity index (χ0n) is 10.6. The fourth-order valence-corrected chi connectivity index (χ4v) is 1.94. The molecule has 6 heteroatoms. The van der Waals surface area contributed by atoms with Crippen molar-refractivity contribution in [3.8, 4) is 0 Å². The minimum absolute atomic E-state index is 0. The Bertz CT molecular complexity index is 267. The van der Waals surface area contributed by atoms with E-state index in [1.807, 2.05) is 0 Å². The number of esters is 1. The van der Waals surface area contributed by atoms with Crippen LogP contribution in [0.5, 0.6) is 0 Å². The number of halogens is 1. The lowest BCUT2D eigenvalue weighted by Crippen LogP contribution is -2.44. The SMILES string of the molecule is COC(=O)C(C)CN(C)C(=O)[C@@H]1CCCN1.Cl. The molecule has 1 rings (SSSR count). The van der Waals surface area contributed by atoms with Crippen LogP contribution in [0.2, 0.25) is 0 Å². The van der Waals surface area contributed by atoms with E-state index in [9.17, 15) is 9.59 Å². The summed E-state index contributed by atoms with van der Waals surface area (Å²) >= 11 is 0. The molecule has 0 aliphatic carbocycles. The molecule has 0 radical (unpaired) electrons. The predicted octanol–water partition coefficient (Wildman–Crippen LogP) is 0.428. The molecule has 0 aromatic carbocycles. The van der Waals surface area contributed by atoms with Gasteiger partial charge in [0.2, 0.25) is 5.91 Å². The highest BCUT2D eigenvalue weighted by atomic mass is 35.5. The van der Waals surface area contributed by atoms with Crippen molar-refractivity contribution in [2.45, 2.75) is 25.8 Å². The van der Waals surface area contributed by atoms with Gasteiger partial charge in [-0.05, 0) is 19.4 Å². The molecule has 1 heterocycles. The van der Waals surface area contributed by atoms with Crippen LogP contribution in [0.1, 0.15) is 19.8 Å². The van der Waals surface area contributed by atoms with Crippen LogP contribution >= 0.6 is 12.4 Å². The van der Waals surface area contributed by atoms with Crippen molar-refractivity contribution in [1.29, 1.82) is 0 Å². The Kier molecular flexibility index (Phi) is 7.15. The van der Waals surface area contributed by atoms with Gasteiger partial charge in [0.25, 0.3) is 0 Å².